The molecule has 0 radical (unpaired) electrons. The fourth-order valence-corrected chi connectivity index (χ4v) is 10.0. The Morgan fingerprint density at radius 1 is 0.574 bits per heavy atom. The maximum atomic E-state index is 5.75. The van der Waals surface area contributed by atoms with E-state index >= 15 is 0 Å². The zero-order valence-corrected chi connectivity index (χ0v) is 35.9. The highest BCUT2D eigenvalue weighted by Crippen LogP contribution is 2.46. The van der Waals surface area contributed by atoms with Gasteiger partial charge in [-0.1, -0.05) is 198 Å². The lowest BCUT2D eigenvalue weighted by molar-refractivity contribution is 0.587. The smallest absolute Gasteiger partial charge is 0.133 e. The molecule has 1 aliphatic carbocycles. The van der Waals surface area contributed by atoms with Crippen molar-refractivity contribution in [2.45, 2.75) is 71.1 Å². The molecule has 7 aromatic carbocycles. The van der Waals surface area contributed by atoms with Crippen molar-refractivity contribution in [3.8, 4) is 22.3 Å². The SMILES string of the molecule is C[C@H]1C/C=C(\n2c3ccccc3c3ccc4c(c32)CCC(c2cccc(C(C)(C)C)c2)c2ccccc2-4)N=C(c2ccccc2)CCC=C1c1ccc(-c2ccccc2)cc1. The number of aliphatic imine (C=N–C) groups is 1. The summed E-state index contributed by atoms with van der Waals surface area (Å²) in [5.74, 6) is 1.60. The van der Waals surface area contributed by atoms with Crippen molar-refractivity contribution in [1.82, 2.24) is 4.57 Å². The second-order valence-electron chi connectivity index (χ2n) is 18.2. The molecule has 0 amide bonds. The van der Waals surface area contributed by atoms with Gasteiger partial charge < -0.3 is 0 Å². The molecule has 0 fully saturated rings. The molecule has 0 bridgehead atoms. The highest BCUT2D eigenvalue weighted by atomic mass is 15.1. The molecular formula is C59H54N2. The number of rotatable bonds is 5. The molecule has 2 heteroatoms. The van der Waals surface area contributed by atoms with Gasteiger partial charge in [-0.3, -0.25) is 4.57 Å². The highest BCUT2D eigenvalue weighted by molar-refractivity contribution is 6.13. The molecule has 2 atom stereocenters. The summed E-state index contributed by atoms with van der Waals surface area (Å²) in [7, 11) is 0. The molecule has 2 nitrogen and oxygen atoms in total. The zero-order chi connectivity index (χ0) is 41.5. The van der Waals surface area contributed by atoms with Gasteiger partial charge in [-0.2, -0.15) is 0 Å². The van der Waals surface area contributed by atoms with Crippen LogP contribution in [0.4, 0.5) is 0 Å². The second kappa shape index (κ2) is 16.2. The molecule has 0 saturated carbocycles. The Balaban J connectivity index is 1.14. The van der Waals surface area contributed by atoms with Gasteiger partial charge in [0, 0.05) is 16.7 Å². The number of benzene rings is 7. The van der Waals surface area contributed by atoms with E-state index in [0.29, 0.717) is 11.8 Å². The van der Waals surface area contributed by atoms with Crippen LogP contribution in [0.15, 0.2) is 187 Å². The summed E-state index contributed by atoms with van der Waals surface area (Å²) < 4.78 is 2.53. The number of allylic oxidation sites excluding steroid dienone is 3. The molecule has 2 aliphatic rings. The van der Waals surface area contributed by atoms with Crippen molar-refractivity contribution < 1.29 is 0 Å². The topological polar surface area (TPSA) is 17.3 Å². The maximum Gasteiger partial charge on any atom is 0.133 e. The second-order valence-corrected chi connectivity index (χ2v) is 18.2. The summed E-state index contributed by atoms with van der Waals surface area (Å²) in [5.41, 5.74) is 18.4. The number of aryl methyl sites for hydroxylation is 1. The van der Waals surface area contributed by atoms with Gasteiger partial charge in [0.25, 0.3) is 0 Å². The summed E-state index contributed by atoms with van der Waals surface area (Å²) in [6.07, 6.45) is 9.53. The van der Waals surface area contributed by atoms with Gasteiger partial charge in [-0.25, -0.2) is 4.99 Å². The van der Waals surface area contributed by atoms with E-state index in [1.54, 1.807) is 0 Å². The van der Waals surface area contributed by atoms with Crippen LogP contribution in [0.1, 0.15) is 92.7 Å². The fraction of sp³-hybridized carbons (Fsp3) is 0.203. The van der Waals surface area contributed by atoms with E-state index < -0.39 is 0 Å². The standard InChI is InChI=1S/C59H54N2/c1-40-29-38-57(60-55(44-19-9-6-10-20-44)27-16-26-47(40)43-32-30-42(31-33-43)41-17-7-5-8-18-41)61-56-28-14-13-25-52(56)54-37-35-51-50-24-12-11-23-49(50)48(34-36-53(51)58(54)61)45-21-15-22-46(39-45)59(2,3)4/h5-15,17-26,28,30-33,35,37-40,48H,16,27,29,34,36H2,1-4H3/b47-26?,57-38-,60-55?/t40-,48?/m0/s1. The lowest BCUT2D eigenvalue weighted by Crippen LogP contribution is -2.12. The van der Waals surface area contributed by atoms with Crippen LogP contribution in [-0.4, -0.2) is 10.3 Å². The number of fused-ring (bicyclic) bond motifs is 7. The van der Waals surface area contributed by atoms with Crippen molar-refractivity contribution in [2.24, 2.45) is 10.9 Å². The molecule has 1 aliphatic heterocycles. The lowest BCUT2D eigenvalue weighted by Gasteiger charge is -2.23. The molecule has 61 heavy (non-hydrogen) atoms. The average Bonchev–Trinajstić information content (AvgIpc) is 3.53. The van der Waals surface area contributed by atoms with E-state index in [1.165, 1.54) is 83.0 Å². The van der Waals surface area contributed by atoms with E-state index in [9.17, 15) is 0 Å². The first-order chi connectivity index (χ1) is 29.8. The number of hydrogen-bond acceptors (Lipinski definition) is 1. The summed E-state index contributed by atoms with van der Waals surface area (Å²) in [4.78, 5) is 5.75. The first-order valence-electron chi connectivity index (χ1n) is 22.3. The van der Waals surface area contributed by atoms with Crippen molar-refractivity contribution in [3.63, 3.8) is 0 Å². The molecule has 0 spiro atoms. The predicted octanol–water partition coefficient (Wildman–Crippen LogP) is 15.7. The third-order valence-electron chi connectivity index (χ3n) is 13.2. The molecule has 8 aromatic rings. The van der Waals surface area contributed by atoms with Crippen LogP contribution >= 0.6 is 0 Å². The maximum absolute atomic E-state index is 5.75. The van der Waals surface area contributed by atoms with Gasteiger partial charge >= 0.3 is 0 Å². The van der Waals surface area contributed by atoms with E-state index in [1.807, 2.05) is 0 Å². The number of hydrogen-bond donors (Lipinski definition) is 0. The summed E-state index contributed by atoms with van der Waals surface area (Å²) in [6.45, 7) is 9.34. The quantitative estimate of drug-likeness (QED) is 0.165. The molecule has 1 unspecified atom stereocenters. The van der Waals surface area contributed by atoms with Crippen LogP contribution in [-0.2, 0) is 11.8 Å². The normalized spacial score (nSPS) is 18.0. The minimum absolute atomic E-state index is 0.0830. The van der Waals surface area contributed by atoms with Crippen LogP contribution < -0.4 is 0 Å². The van der Waals surface area contributed by atoms with Crippen molar-refractivity contribution >= 4 is 38.9 Å². The Morgan fingerprint density at radius 2 is 1.26 bits per heavy atom. The Hall–Kier alpha value is -6.51. The number of nitrogens with zero attached hydrogens (tertiary/aromatic N) is 2. The van der Waals surface area contributed by atoms with Gasteiger partial charge in [0.2, 0.25) is 0 Å². The molecule has 0 saturated heterocycles. The Labute approximate surface area is 361 Å². The average molecular weight is 791 g/mol. The molecule has 1 aromatic heterocycles. The van der Waals surface area contributed by atoms with Crippen LogP contribution in [0.2, 0.25) is 0 Å². The van der Waals surface area contributed by atoms with Gasteiger partial charge in [0.05, 0.1) is 16.7 Å². The number of para-hydroxylation sites is 1. The first kappa shape index (κ1) is 38.7. The van der Waals surface area contributed by atoms with Crippen LogP contribution in [0.25, 0.3) is 55.5 Å². The van der Waals surface area contributed by atoms with Crippen molar-refractivity contribution in [2.75, 3.05) is 0 Å². The van der Waals surface area contributed by atoms with Gasteiger partial charge in [0.1, 0.15) is 5.82 Å². The van der Waals surface area contributed by atoms with E-state index in [0.717, 1.165) is 43.6 Å². The van der Waals surface area contributed by atoms with Crippen molar-refractivity contribution in [3.05, 3.63) is 215 Å². The van der Waals surface area contributed by atoms with E-state index in [4.69, 9.17) is 4.99 Å². The largest absolute Gasteiger partial charge is 0.294 e. The van der Waals surface area contributed by atoms with Gasteiger partial charge in [-0.15, -0.1) is 0 Å². The summed E-state index contributed by atoms with van der Waals surface area (Å²) >= 11 is 0. The first-order valence-corrected chi connectivity index (χ1v) is 22.3. The Kier molecular flexibility index (Phi) is 10.2. The zero-order valence-electron chi connectivity index (χ0n) is 35.9. The van der Waals surface area contributed by atoms with E-state index in [2.05, 4.69) is 214 Å². The van der Waals surface area contributed by atoms with Crippen LogP contribution in [0.5, 0.6) is 0 Å². The molecule has 0 N–H and O–H groups in total. The lowest BCUT2D eigenvalue weighted by atomic mass is 9.81. The monoisotopic (exact) mass is 790 g/mol. The number of aromatic nitrogens is 1. The van der Waals surface area contributed by atoms with Crippen LogP contribution in [0, 0.1) is 5.92 Å². The van der Waals surface area contributed by atoms with Gasteiger partial charge in [-0.05, 0) is 117 Å². The molecule has 2 heterocycles. The summed E-state index contributed by atoms with van der Waals surface area (Å²) in [5, 5.41) is 2.57. The van der Waals surface area contributed by atoms with E-state index in [-0.39, 0.29) is 5.41 Å². The molecule has 300 valence electrons. The minimum atomic E-state index is 0.0830. The fourth-order valence-electron chi connectivity index (χ4n) is 10.0. The van der Waals surface area contributed by atoms with Crippen LogP contribution in [0.3, 0.4) is 0 Å². The Bertz CT molecular complexity index is 2970. The third kappa shape index (κ3) is 7.39. The molecule has 10 rings (SSSR count). The summed E-state index contributed by atoms with van der Waals surface area (Å²) in [6, 6.07) is 63.1. The third-order valence-corrected chi connectivity index (χ3v) is 13.2. The Morgan fingerprint density at radius 3 is 2.05 bits per heavy atom. The molecular weight excluding hydrogens is 737 g/mol. The minimum Gasteiger partial charge on any atom is -0.294 e. The van der Waals surface area contributed by atoms with Gasteiger partial charge in [0.15, 0.2) is 0 Å². The van der Waals surface area contributed by atoms with Crippen molar-refractivity contribution in [1.29, 1.82) is 0 Å². The highest BCUT2D eigenvalue weighted by Gasteiger charge is 2.28. The predicted molar refractivity (Wildman–Crippen MR) is 260 cm³/mol.